The molecule has 3 N–H and O–H groups in total. The third-order valence-corrected chi connectivity index (χ3v) is 3.82. The van der Waals surface area contributed by atoms with Gasteiger partial charge in [0.1, 0.15) is 12.2 Å². The maximum atomic E-state index is 5.74. The number of hydrogen-bond donors (Lipinski definition) is 2. The summed E-state index contributed by atoms with van der Waals surface area (Å²) in [6, 6.07) is 0.125. The summed E-state index contributed by atoms with van der Waals surface area (Å²) in [7, 11) is 1.90. The van der Waals surface area contributed by atoms with Crippen LogP contribution in [0.25, 0.3) is 0 Å². The van der Waals surface area contributed by atoms with Crippen LogP contribution in [0, 0.1) is 0 Å². The summed E-state index contributed by atoms with van der Waals surface area (Å²) in [6.07, 6.45) is 2.34. The van der Waals surface area contributed by atoms with E-state index in [0.29, 0.717) is 0 Å². The minimum absolute atomic E-state index is 0.0375. The number of hydrazine groups is 1. The number of nitrogens with zero attached hydrogens (tertiary/aromatic N) is 4. The van der Waals surface area contributed by atoms with E-state index in [-0.39, 0.29) is 11.6 Å². The molecule has 0 aliphatic carbocycles. The van der Waals surface area contributed by atoms with Crippen molar-refractivity contribution in [2.45, 2.75) is 45.7 Å². The lowest BCUT2D eigenvalue weighted by molar-refractivity contribution is 0.0900. The Balaban J connectivity index is 2.85. The number of hydrogen-bond acceptors (Lipinski definition) is 5. The molecule has 6 heteroatoms. The van der Waals surface area contributed by atoms with Gasteiger partial charge in [0.2, 0.25) is 0 Å². The molecule has 1 atom stereocenters. The molecule has 0 radical (unpaired) electrons. The zero-order valence-electron chi connectivity index (χ0n) is 12.1. The summed E-state index contributed by atoms with van der Waals surface area (Å²) in [5, 5.41) is 4.09. The number of aryl methyl sites for hydroxylation is 1. The summed E-state index contributed by atoms with van der Waals surface area (Å²) in [4.78, 5) is 6.66. The molecule has 0 amide bonds. The van der Waals surface area contributed by atoms with Crippen molar-refractivity contribution >= 4 is 0 Å². The van der Waals surface area contributed by atoms with Crippen molar-refractivity contribution in [3.8, 4) is 0 Å². The molecule has 0 fully saturated rings. The molecular formula is C12H26N6. The first-order chi connectivity index (χ1) is 8.47. The molecule has 0 aliphatic heterocycles. The van der Waals surface area contributed by atoms with E-state index in [9.17, 15) is 0 Å². The zero-order valence-corrected chi connectivity index (χ0v) is 12.1. The standard InChI is InChI=1S/C12H26N6/c1-6-18(7-2)12(3,4)10(16-13)8-11-14-9-15-17(11)5/h9-10,16H,6-8,13H2,1-5H3. The normalized spacial score (nSPS) is 14.2. The highest BCUT2D eigenvalue weighted by Gasteiger charge is 2.34. The van der Waals surface area contributed by atoms with E-state index in [2.05, 4.69) is 48.1 Å². The molecule has 0 saturated carbocycles. The minimum atomic E-state index is -0.0375. The Morgan fingerprint density at radius 3 is 2.44 bits per heavy atom. The van der Waals surface area contributed by atoms with Gasteiger partial charge in [-0.1, -0.05) is 13.8 Å². The van der Waals surface area contributed by atoms with Gasteiger partial charge in [-0.25, -0.2) is 4.98 Å². The Bertz CT molecular complexity index is 355. The average molecular weight is 254 g/mol. The smallest absolute Gasteiger partial charge is 0.138 e. The molecule has 1 unspecified atom stereocenters. The van der Waals surface area contributed by atoms with Crippen molar-refractivity contribution in [2.24, 2.45) is 12.9 Å². The van der Waals surface area contributed by atoms with Crippen LogP contribution in [0.2, 0.25) is 0 Å². The molecule has 1 heterocycles. The average Bonchev–Trinajstić information content (AvgIpc) is 2.72. The first-order valence-electron chi connectivity index (χ1n) is 6.51. The molecule has 0 bridgehead atoms. The summed E-state index contributed by atoms with van der Waals surface area (Å²) >= 11 is 0. The van der Waals surface area contributed by atoms with Crippen LogP contribution in [0.3, 0.4) is 0 Å². The Hall–Kier alpha value is -0.980. The van der Waals surface area contributed by atoms with Gasteiger partial charge in [0.25, 0.3) is 0 Å². The van der Waals surface area contributed by atoms with Crippen molar-refractivity contribution in [3.05, 3.63) is 12.2 Å². The van der Waals surface area contributed by atoms with Crippen LogP contribution in [-0.4, -0.2) is 44.3 Å². The Morgan fingerprint density at radius 1 is 1.44 bits per heavy atom. The highest BCUT2D eigenvalue weighted by Crippen LogP contribution is 2.20. The summed E-state index contributed by atoms with van der Waals surface area (Å²) < 4.78 is 1.79. The predicted molar refractivity (Wildman–Crippen MR) is 72.8 cm³/mol. The third kappa shape index (κ3) is 3.07. The van der Waals surface area contributed by atoms with Crippen molar-refractivity contribution in [2.75, 3.05) is 13.1 Å². The second kappa shape index (κ2) is 6.26. The van der Waals surface area contributed by atoms with Crippen molar-refractivity contribution in [1.29, 1.82) is 0 Å². The molecular weight excluding hydrogens is 228 g/mol. The quantitative estimate of drug-likeness (QED) is 0.541. The molecule has 1 aromatic rings. The number of nitrogens with two attached hydrogens (primary N) is 1. The maximum absolute atomic E-state index is 5.74. The van der Waals surface area contributed by atoms with E-state index in [0.717, 1.165) is 25.3 Å². The van der Waals surface area contributed by atoms with E-state index in [1.807, 2.05) is 7.05 Å². The van der Waals surface area contributed by atoms with E-state index in [4.69, 9.17) is 5.84 Å². The van der Waals surface area contributed by atoms with Crippen LogP contribution < -0.4 is 11.3 Å². The van der Waals surface area contributed by atoms with Crippen LogP contribution in [0.1, 0.15) is 33.5 Å². The van der Waals surface area contributed by atoms with Gasteiger partial charge in [-0.15, -0.1) is 0 Å². The molecule has 18 heavy (non-hydrogen) atoms. The van der Waals surface area contributed by atoms with Crippen molar-refractivity contribution in [3.63, 3.8) is 0 Å². The van der Waals surface area contributed by atoms with Gasteiger partial charge in [-0.3, -0.25) is 20.9 Å². The van der Waals surface area contributed by atoms with Gasteiger partial charge in [-0.2, -0.15) is 5.10 Å². The van der Waals surface area contributed by atoms with Gasteiger partial charge in [0, 0.05) is 25.0 Å². The molecule has 0 aromatic carbocycles. The maximum Gasteiger partial charge on any atom is 0.138 e. The van der Waals surface area contributed by atoms with Gasteiger partial charge < -0.3 is 0 Å². The van der Waals surface area contributed by atoms with Crippen LogP contribution in [0.4, 0.5) is 0 Å². The van der Waals surface area contributed by atoms with Crippen molar-refractivity contribution in [1.82, 2.24) is 25.1 Å². The Kier molecular flexibility index (Phi) is 5.25. The lowest BCUT2D eigenvalue weighted by atomic mass is 9.90. The molecule has 0 spiro atoms. The molecule has 6 nitrogen and oxygen atoms in total. The third-order valence-electron chi connectivity index (χ3n) is 3.82. The molecule has 0 aliphatic rings. The van der Waals surface area contributed by atoms with Crippen molar-refractivity contribution < 1.29 is 0 Å². The molecule has 104 valence electrons. The predicted octanol–water partition coefficient (Wildman–Crippen LogP) is 0.310. The lowest BCUT2D eigenvalue weighted by Crippen LogP contribution is -2.60. The Labute approximate surface area is 110 Å². The zero-order chi connectivity index (χ0) is 13.8. The van der Waals surface area contributed by atoms with Crippen LogP contribution in [-0.2, 0) is 13.5 Å². The van der Waals surface area contributed by atoms with E-state index < -0.39 is 0 Å². The van der Waals surface area contributed by atoms with Gasteiger partial charge in [0.15, 0.2) is 0 Å². The monoisotopic (exact) mass is 254 g/mol. The lowest BCUT2D eigenvalue weighted by Gasteiger charge is -2.43. The summed E-state index contributed by atoms with van der Waals surface area (Å²) in [6.45, 7) is 10.8. The minimum Gasteiger partial charge on any atom is -0.297 e. The number of likely N-dealkylation sites (N-methyl/N-ethyl adjacent to an activating group) is 1. The van der Waals surface area contributed by atoms with Gasteiger partial charge in [-0.05, 0) is 26.9 Å². The van der Waals surface area contributed by atoms with Crippen LogP contribution in [0.5, 0.6) is 0 Å². The molecule has 1 rings (SSSR count). The largest absolute Gasteiger partial charge is 0.297 e. The second-order valence-electron chi connectivity index (χ2n) is 5.05. The van der Waals surface area contributed by atoms with E-state index in [1.54, 1.807) is 11.0 Å². The first kappa shape index (κ1) is 15.1. The topological polar surface area (TPSA) is 72.0 Å². The summed E-state index contributed by atoms with van der Waals surface area (Å²) in [5.74, 6) is 6.68. The fourth-order valence-corrected chi connectivity index (χ4v) is 2.46. The van der Waals surface area contributed by atoms with E-state index >= 15 is 0 Å². The number of rotatable bonds is 7. The van der Waals surface area contributed by atoms with Gasteiger partial charge >= 0.3 is 0 Å². The highest BCUT2D eigenvalue weighted by atomic mass is 15.3. The summed E-state index contributed by atoms with van der Waals surface area (Å²) in [5.41, 5.74) is 2.90. The number of nitrogens with one attached hydrogen (secondary N) is 1. The Morgan fingerprint density at radius 2 is 2.06 bits per heavy atom. The fraction of sp³-hybridized carbons (Fsp3) is 0.833. The number of aromatic nitrogens is 3. The fourth-order valence-electron chi connectivity index (χ4n) is 2.46. The van der Waals surface area contributed by atoms with Crippen LogP contribution in [0.15, 0.2) is 6.33 Å². The first-order valence-corrected chi connectivity index (χ1v) is 6.51. The molecule has 1 aromatic heterocycles. The van der Waals surface area contributed by atoms with Gasteiger partial charge in [0.05, 0.1) is 0 Å². The van der Waals surface area contributed by atoms with Crippen LogP contribution >= 0.6 is 0 Å². The highest BCUT2D eigenvalue weighted by molar-refractivity contribution is 4.99. The SMILES string of the molecule is CCN(CC)C(C)(C)C(Cc1ncnn1C)NN. The van der Waals surface area contributed by atoms with E-state index in [1.165, 1.54) is 0 Å². The molecule has 0 saturated heterocycles. The second-order valence-corrected chi connectivity index (χ2v) is 5.05.